The van der Waals surface area contributed by atoms with E-state index in [0.29, 0.717) is 12.0 Å². The van der Waals surface area contributed by atoms with Crippen LogP contribution in [0.2, 0.25) is 0 Å². The fourth-order valence-electron chi connectivity index (χ4n) is 3.64. The lowest BCUT2D eigenvalue weighted by atomic mass is 9.89. The van der Waals surface area contributed by atoms with Gasteiger partial charge >= 0.3 is 6.09 Å². The van der Waals surface area contributed by atoms with Crippen molar-refractivity contribution in [3.63, 3.8) is 0 Å². The zero-order valence-electron chi connectivity index (χ0n) is 23.3. The first-order valence-electron chi connectivity index (χ1n) is 12.2. The number of rotatable bonds is 8. The molecular weight excluding hydrogens is 446 g/mol. The molecule has 1 aromatic carbocycles. The van der Waals surface area contributed by atoms with Crippen molar-refractivity contribution >= 4 is 17.9 Å². The Labute approximate surface area is 210 Å². The predicted molar refractivity (Wildman–Crippen MR) is 138 cm³/mol. The molecule has 8 heteroatoms. The third kappa shape index (κ3) is 8.84. The summed E-state index contributed by atoms with van der Waals surface area (Å²) in [5.74, 6) is -0.907. The molecule has 0 aliphatic rings. The maximum Gasteiger partial charge on any atom is 0.408 e. The van der Waals surface area contributed by atoms with Crippen molar-refractivity contribution in [2.24, 2.45) is 0 Å². The van der Waals surface area contributed by atoms with Gasteiger partial charge in [0.1, 0.15) is 17.7 Å². The zero-order valence-corrected chi connectivity index (χ0v) is 23.3. The highest BCUT2D eigenvalue weighted by molar-refractivity contribution is 5.93. The second-order valence-corrected chi connectivity index (χ2v) is 11.8. The van der Waals surface area contributed by atoms with Crippen LogP contribution in [-0.2, 0) is 14.3 Å². The summed E-state index contributed by atoms with van der Waals surface area (Å²) in [7, 11) is 0. The molecule has 0 aliphatic carbocycles. The quantitative estimate of drug-likeness (QED) is 0.506. The number of nitrogens with one attached hydrogen (secondary N) is 2. The molecule has 0 saturated heterocycles. The summed E-state index contributed by atoms with van der Waals surface area (Å²) >= 11 is 0. The fraction of sp³-hybridized carbons (Fsp3) is 0.667. The molecule has 198 valence electrons. The van der Waals surface area contributed by atoms with Crippen molar-refractivity contribution in [1.29, 1.82) is 0 Å². The first kappa shape index (κ1) is 30.4. The lowest BCUT2D eigenvalue weighted by Gasteiger charge is -2.45. The van der Waals surface area contributed by atoms with E-state index in [9.17, 15) is 19.5 Å². The number of aliphatic hydroxyl groups excluding tert-OH is 1. The number of carbonyl (C=O) groups is 3. The molecule has 0 spiro atoms. The summed E-state index contributed by atoms with van der Waals surface area (Å²) in [5.41, 5.74) is 0.403. The number of nitrogens with zero attached hydrogens (tertiary/aromatic N) is 1. The summed E-state index contributed by atoms with van der Waals surface area (Å²) in [6.45, 7) is 19.6. The minimum absolute atomic E-state index is 0.338. The molecule has 2 atom stereocenters. The number of aryl methyl sites for hydroxylation is 2. The van der Waals surface area contributed by atoms with Crippen LogP contribution in [0.15, 0.2) is 18.2 Å². The Balaban J connectivity index is 3.67. The standard InChI is InChI=1S/C27H45N3O5/c1-12-27(10,11)30(23(33)20(16-31)28-24(34)35-26(7,8)9)21(22(32)29-25(4,5)6)19-15-17(2)13-14-18(19)3/h13-15,20-21,31H,12,16H2,1-11H3,(H,28,34)(H,29,32). The minimum Gasteiger partial charge on any atom is -0.444 e. The molecule has 0 saturated carbocycles. The third-order valence-corrected chi connectivity index (χ3v) is 5.66. The van der Waals surface area contributed by atoms with E-state index in [2.05, 4.69) is 10.6 Å². The van der Waals surface area contributed by atoms with Crippen LogP contribution in [0.1, 0.15) is 91.5 Å². The van der Waals surface area contributed by atoms with Crippen molar-refractivity contribution in [3.05, 3.63) is 34.9 Å². The maximum atomic E-state index is 14.0. The number of ether oxygens (including phenoxy) is 1. The van der Waals surface area contributed by atoms with E-state index in [1.54, 1.807) is 20.8 Å². The molecule has 0 heterocycles. The highest BCUT2D eigenvalue weighted by Crippen LogP contribution is 2.34. The molecule has 0 fully saturated rings. The van der Waals surface area contributed by atoms with Gasteiger partial charge in [0.2, 0.25) is 11.8 Å². The minimum atomic E-state index is -1.29. The van der Waals surface area contributed by atoms with Crippen LogP contribution in [0.3, 0.4) is 0 Å². The van der Waals surface area contributed by atoms with Crippen molar-refractivity contribution in [2.75, 3.05) is 6.61 Å². The van der Waals surface area contributed by atoms with E-state index >= 15 is 0 Å². The van der Waals surface area contributed by atoms with E-state index < -0.39 is 47.4 Å². The summed E-state index contributed by atoms with van der Waals surface area (Å²) in [6, 6.07) is 3.52. The van der Waals surface area contributed by atoms with Gasteiger partial charge in [-0.25, -0.2) is 4.79 Å². The summed E-state index contributed by atoms with van der Waals surface area (Å²) in [5, 5.41) is 15.6. The van der Waals surface area contributed by atoms with Crippen LogP contribution >= 0.6 is 0 Å². The molecule has 8 nitrogen and oxygen atoms in total. The average molecular weight is 492 g/mol. The first-order valence-corrected chi connectivity index (χ1v) is 12.2. The van der Waals surface area contributed by atoms with Gasteiger partial charge < -0.3 is 25.4 Å². The molecule has 1 aromatic rings. The van der Waals surface area contributed by atoms with Crippen LogP contribution in [-0.4, -0.2) is 57.2 Å². The van der Waals surface area contributed by atoms with Gasteiger partial charge in [-0.2, -0.15) is 0 Å². The molecule has 0 aromatic heterocycles. The number of carbonyl (C=O) groups excluding carboxylic acids is 3. The molecular formula is C27H45N3O5. The first-order chi connectivity index (χ1) is 15.8. The number of aliphatic hydroxyl groups is 1. The van der Waals surface area contributed by atoms with Crippen LogP contribution in [0.4, 0.5) is 4.79 Å². The molecule has 3 N–H and O–H groups in total. The Morgan fingerprint density at radius 1 is 1.03 bits per heavy atom. The topological polar surface area (TPSA) is 108 Å². The normalized spacial score (nSPS) is 14.1. The lowest BCUT2D eigenvalue weighted by molar-refractivity contribution is -0.150. The molecule has 0 radical (unpaired) electrons. The Hall–Kier alpha value is -2.61. The highest BCUT2D eigenvalue weighted by Gasteiger charge is 2.44. The number of hydrogen-bond donors (Lipinski definition) is 3. The number of amides is 3. The Kier molecular flexibility index (Phi) is 9.92. The van der Waals surface area contributed by atoms with E-state index in [1.807, 2.05) is 73.6 Å². The van der Waals surface area contributed by atoms with E-state index in [-0.39, 0.29) is 5.91 Å². The van der Waals surface area contributed by atoms with Crippen LogP contribution in [0, 0.1) is 13.8 Å². The fourth-order valence-corrected chi connectivity index (χ4v) is 3.64. The second-order valence-electron chi connectivity index (χ2n) is 11.8. The third-order valence-electron chi connectivity index (χ3n) is 5.66. The lowest BCUT2D eigenvalue weighted by Crippen LogP contribution is -2.61. The maximum absolute atomic E-state index is 14.0. The van der Waals surface area contributed by atoms with E-state index in [1.165, 1.54) is 4.90 Å². The number of alkyl carbamates (subject to hydrolysis) is 1. The van der Waals surface area contributed by atoms with Crippen molar-refractivity contribution < 1.29 is 24.2 Å². The Morgan fingerprint density at radius 2 is 1.60 bits per heavy atom. The number of benzene rings is 1. The van der Waals surface area contributed by atoms with Crippen LogP contribution < -0.4 is 10.6 Å². The van der Waals surface area contributed by atoms with Crippen molar-refractivity contribution in [2.45, 2.75) is 111 Å². The number of hydrogen-bond acceptors (Lipinski definition) is 5. The SMILES string of the molecule is CCC(C)(C)N(C(=O)C(CO)NC(=O)OC(C)(C)C)C(C(=O)NC(C)(C)C)c1cc(C)ccc1C. The molecule has 1 rings (SSSR count). The average Bonchev–Trinajstić information content (AvgIpc) is 2.68. The molecule has 0 aliphatic heterocycles. The van der Waals surface area contributed by atoms with Crippen LogP contribution in [0.5, 0.6) is 0 Å². The van der Waals surface area contributed by atoms with Gasteiger partial charge in [-0.15, -0.1) is 0 Å². The van der Waals surface area contributed by atoms with E-state index in [0.717, 1.165) is 11.1 Å². The van der Waals surface area contributed by atoms with Gasteiger partial charge in [0.25, 0.3) is 0 Å². The Bertz CT molecular complexity index is 912. The van der Waals surface area contributed by atoms with Gasteiger partial charge in [-0.1, -0.05) is 30.7 Å². The summed E-state index contributed by atoms with van der Waals surface area (Å²) in [4.78, 5) is 41.7. The molecule has 0 bridgehead atoms. The van der Waals surface area contributed by atoms with Gasteiger partial charge in [0.05, 0.1) is 6.61 Å². The van der Waals surface area contributed by atoms with Crippen molar-refractivity contribution in [3.8, 4) is 0 Å². The largest absolute Gasteiger partial charge is 0.444 e. The van der Waals surface area contributed by atoms with E-state index in [4.69, 9.17) is 4.74 Å². The van der Waals surface area contributed by atoms with Gasteiger partial charge in [0, 0.05) is 11.1 Å². The smallest absolute Gasteiger partial charge is 0.408 e. The Morgan fingerprint density at radius 3 is 2.06 bits per heavy atom. The van der Waals surface area contributed by atoms with Crippen molar-refractivity contribution in [1.82, 2.24) is 15.5 Å². The summed E-state index contributed by atoms with van der Waals surface area (Å²) < 4.78 is 5.29. The monoisotopic (exact) mass is 491 g/mol. The zero-order chi connectivity index (χ0) is 27.4. The van der Waals surface area contributed by atoms with Gasteiger partial charge in [-0.05, 0) is 86.8 Å². The second kappa shape index (κ2) is 11.4. The highest BCUT2D eigenvalue weighted by atomic mass is 16.6. The molecule has 35 heavy (non-hydrogen) atoms. The molecule has 2 unspecified atom stereocenters. The summed E-state index contributed by atoms with van der Waals surface area (Å²) in [6.07, 6.45) is -0.283. The predicted octanol–water partition coefficient (Wildman–Crippen LogP) is 4.16. The van der Waals surface area contributed by atoms with Crippen LogP contribution in [0.25, 0.3) is 0 Å². The van der Waals surface area contributed by atoms with Gasteiger partial charge in [0.15, 0.2) is 0 Å². The van der Waals surface area contributed by atoms with Gasteiger partial charge in [-0.3, -0.25) is 9.59 Å². The molecule has 3 amide bonds.